The van der Waals surface area contributed by atoms with E-state index in [1.54, 1.807) is 6.20 Å². The van der Waals surface area contributed by atoms with Gasteiger partial charge in [0, 0.05) is 24.2 Å². The Kier molecular flexibility index (Phi) is 3.02. The maximum absolute atomic E-state index is 5.03. The third-order valence-corrected chi connectivity index (χ3v) is 2.82. The lowest BCUT2D eigenvalue weighted by molar-refractivity contribution is 0.373. The van der Waals surface area contributed by atoms with E-state index in [0.717, 1.165) is 23.2 Å². The summed E-state index contributed by atoms with van der Waals surface area (Å²) in [6.45, 7) is 1.43. The van der Waals surface area contributed by atoms with Gasteiger partial charge in [-0.3, -0.25) is 4.98 Å². The van der Waals surface area contributed by atoms with E-state index in [2.05, 4.69) is 39.7 Å². The van der Waals surface area contributed by atoms with Crippen LogP contribution in [0.3, 0.4) is 0 Å². The third-order valence-electron chi connectivity index (χ3n) is 2.82. The van der Waals surface area contributed by atoms with Crippen molar-refractivity contribution in [3.05, 3.63) is 60.1 Å². The zero-order valence-electron chi connectivity index (χ0n) is 9.84. The van der Waals surface area contributed by atoms with E-state index in [0.29, 0.717) is 6.54 Å². The topological polar surface area (TPSA) is 51.0 Å². The normalized spacial score (nSPS) is 10.9. The highest BCUT2D eigenvalue weighted by atomic mass is 16.5. The molecule has 0 aliphatic rings. The predicted molar refractivity (Wildman–Crippen MR) is 68.8 cm³/mol. The summed E-state index contributed by atoms with van der Waals surface area (Å²) in [5.41, 5.74) is 2.23. The molecule has 4 heteroatoms. The van der Waals surface area contributed by atoms with E-state index >= 15 is 0 Å². The molecule has 0 aliphatic heterocycles. The summed E-state index contributed by atoms with van der Waals surface area (Å²) < 4.78 is 5.03. The number of pyridine rings is 1. The van der Waals surface area contributed by atoms with Crippen molar-refractivity contribution in [2.24, 2.45) is 0 Å². The van der Waals surface area contributed by atoms with Crippen molar-refractivity contribution < 1.29 is 4.52 Å². The van der Waals surface area contributed by atoms with Crippen molar-refractivity contribution in [2.75, 3.05) is 0 Å². The van der Waals surface area contributed by atoms with Gasteiger partial charge in [0.05, 0.1) is 18.3 Å². The smallest absolute Gasteiger partial charge is 0.150 e. The summed E-state index contributed by atoms with van der Waals surface area (Å²) in [4.78, 5) is 4.42. The molecule has 0 unspecified atom stereocenters. The Labute approximate surface area is 105 Å². The first-order valence-electron chi connectivity index (χ1n) is 5.86. The van der Waals surface area contributed by atoms with Crippen LogP contribution in [-0.4, -0.2) is 10.1 Å². The Morgan fingerprint density at radius 2 is 1.94 bits per heavy atom. The average molecular weight is 239 g/mol. The Morgan fingerprint density at radius 3 is 2.83 bits per heavy atom. The van der Waals surface area contributed by atoms with E-state index in [-0.39, 0.29) is 0 Å². The molecule has 0 saturated carbocycles. The quantitative estimate of drug-likeness (QED) is 0.760. The summed E-state index contributed by atoms with van der Waals surface area (Å²) >= 11 is 0. The highest BCUT2D eigenvalue weighted by Crippen LogP contribution is 2.15. The van der Waals surface area contributed by atoms with Gasteiger partial charge in [0.25, 0.3) is 0 Å². The number of fused-ring (bicyclic) bond motifs is 1. The van der Waals surface area contributed by atoms with Crippen LogP contribution < -0.4 is 5.32 Å². The third kappa shape index (κ3) is 2.24. The number of hydrogen-bond acceptors (Lipinski definition) is 4. The van der Waals surface area contributed by atoms with Gasteiger partial charge >= 0.3 is 0 Å². The fourth-order valence-electron chi connectivity index (χ4n) is 1.96. The predicted octanol–water partition coefficient (Wildman–Crippen LogP) is 2.51. The van der Waals surface area contributed by atoms with Crippen LogP contribution in [0.25, 0.3) is 10.9 Å². The average Bonchev–Trinajstić information content (AvgIpc) is 2.92. The molecule has 0 spiro atoms. The number of hydrogen-bond donors (Lipinski definition) is 1. The van der Waals surface area contributed by atoms with Crippen molar-refractivity contribution in [2.45, 2.75) is 13.1 Å². The Hall–Kier alpha value is -2.20. The number of rotatable bonds is 4. The Bertz CT molecular complexity index is 629. The largest absolute Gasteiger partial charge is 0.360 e. The zero-order valence-corrected chi connectivity index (χ0v) is 9.84. The summed E-state index contributed by atoms with van der Waals surface area (Å²) in [7, 11) is 0. The van der Waals surface area contributed by atoms with Gasteiger partial charge in [-0.2, -0.15) is 0 Å². The molecule has 3 aromatic rings. The van der Waals surface area contributed by atoms with Gasteiger partial charge in [-0.15, -0.1) is 0 Å². The summed E-state index contributed by atoms with van der Waals surface area (Å²) in [5.74, 6) is 0.836. The van der Waals surface area contributed by atoms with Crippen molar-refractivity contribution >= 4 is 10.9 Å². The van der Waals surface area contributed by atoms with Gasteiger partial charge in [0.1, 0.15) is 5.76 Å². The van der Waals surface area contributed by atoms with Crippen LogP contribution in [0.5, 0.6) is 0 Å². The van der Waals surface area contributed by atoms with Crippen LogP contribution in [-0.2, 0) is 13.1 Å². The molecule has 1 aromatic carbocycles. The van der Waals surface area contributed by atoms with Gasteiger partial charge in [-0.1, -0.05) is 29.4 Å². The van der Waals surface area contributed by atoms with E-state index in [9.17, 15) is 0 Å². The summed E-state index contributed by atoms with van der Waals surface area (Å²) in [5, 5.41) is 8.16. The van der Waals surface area contributed by atoms with Gasteiger partial charge in [-0.25, -0.2) is 0 Å². The Morgan fingerprint density at radius 1 is 1.00 bits per heavy atom. The second kappa shape index (κ2) is 4.98. The minimum absolute atomic E-state index is 0.670. The maximum Gasteiger partial charge on any atom is 0.150 e. The SMILES string of the molecule is c1cnc2c(CNCc3ccno3)cccc2c1. The molecule has 90 valence electrons. The first kappa shape index (κ1) is 10.9. The Balaban J connectivity index is 1.74. The molecule has 0 bridgehead atoms. The summed E-state index contributed by atoms with van der Waals surface area (Å²) in [6, 6.07) is 12.1. The van der Waals surface area contributed by atoms with Crippen LogP contribution in [0.15, 0.2) is 53.3 Å². The number of benzene rings is 1. The van der Waals surface area contributed by atoms with Crippen LogP contribution in [0.4, 0.5) is 0 Å². The minimum Gasteiger partial charge on any atom is -0.360 e. The number of nitrogens with one attached hydrogen (secondary N) is 1. The molecule has 0 radical (unpaired) electrons. The first-order chi connectivity index (χ1) is 8.93. The van der Waals surface area contributed by atoms with E-state index in [1.165, 1.54) is 5.56 Å². The zero-order chi connectivity index (χ0) is 12.2. The van der Waals surface area contributed by atoms with E-state index in [1.807, 2.05) is 18.3 Å². The number of aromatic nitrogens is 2. The molecular formula is C14H13N3O. The molecule has 0 fully saturated rings. The highest BCUT2D eigenvalue weighted by molar-refractivity contribution is 5.81. The molecule has 18 heavy (non-hydrogen) atoms. The number of para-hydroxylation sites is 1. The van der Waals surface area contributed by atoms with Crippen LogP contribution >= 0.6 is 0 Å². The molecule has 1 N–H and O–H groups in total. The van der Waals surface area contributed by atoms with Crippen LogP contribution in [0.1, 0.15) is 11.3 Å². The highest BCUT2D eigenvalue weighted by Gasteiger charge is 2.02. The fourth-order valence-corrected chi connectivity index (χ4v) is 1.96. The molecule has 2 aromatic heterocycles. The molecule has 0 saturated heterocycles. The van der Waals surface area contributed by atoms with Gasteiger partial charge in [-0.05, 0) is 11.6 Å². The first-order valence-corrected chi connectivity index (χ1v) is 5.86. The molecule has 2 heterocycles. The monoisotopic (exact) mass is 239 g/mol. The van der Waals surface area contributed by atoms with Gasteiger partial charge in [0.15, 0.2) is 0 Å². The fraction of sp³-hybridized carbons (Fsp3) is 0.143. The lowest BCUT2D eigenvalue weighted by Gasteiger charge is -2.06. The van der Waals surface area contributed by atoms with E-state index in [4.69, 9.17) is 4.52 Å². The lowest BCUT2D eigenvalue weighted by Crippen LogP contribution is -2.12. The van der Waals surface area contributed by atoms with Crippen molar-refractivity contribution in [1.29, 1.82) is 0 Å². The molecule has 4 nitrogen and oxygen atoms in total. The minimum atomic E-state index is 0.670. The van der Waals surface area contributed by atoms with Gasteiger partial charge < -0.3 is 9.84 Å². The molecule has 3 rings (SSSR count). The molecule has 0 amide bonds. The number of nitrogens with zero attached hydrogens (tertiary/aromatic N) is 2. The van der Waals surface area contributed by atoms with Gasteiger partial charge in [0.2, 0.25) is 0 Å². The second-order valence-electron chi connectivity index (χ2n) is 4.07. The maximum atomic E-state index is 5.03. The second-order valence-corrected chi connectivity index (χ2v) is 4.07. The van der Waals surface area contributed by atoms with Crippen molar-refractivity contribution in [3.63, 3.8) is 0 Å². The lowest BCUT2D eigenvalue weighted by atomic mass is 10.1. The molecular weight excluding hydrogens is 226 g/mol. The van der Waals surface area contributed by atoms with Crippen molar-refractivity contribution in [3.8, 4) is 0 Å². The van der Waals surface area contributed by atoms with Crippen LogP contribution in [0.2, 0.25) is 0 Å². The summed E-state index contributed by atoms with van der Waals surface area (Å²) in [6.07, 6.45) is 3.47. The standard InChI is InChI=1S/C14H13N3O/c1-3-11-5-2-7-16-14(11)12(4-1)9-15-10-13-6-8-17-18-13/h1-8,15H,9-10H2. The molecule has 0 aliphatic carbocycles. The van der Waals surface area contributed by atoms with E-state index < -0.39 is 0 Å². The van der Waals surface area contributed by atoms with Crippen LogP contribution in [0, 0.1) is 0 Å². The van der Waals surface area contributed by atoms with Crippen molar-refractivity contribution in [1.82, 2.24) is 15.5 Å². The molecule has 0 atom stereocenters.